The molecule has 2 amide bonds. The van der Waals surface area contributed by atoms with Crippen LogP contribution in [0.5, 0.6) is 0 Å². The van der Waals surface area contributed by atoms with Gasteiger partial charge in [-0.05, 0) is 49.1 Å². The minimum absolute atomic E-state index is 0.0929. The number of ether oxygens (including phenoxy) is 1. The lowest BCUT2D eigenvalue weighted by Gasteiger charge is -2.17. The molecule has 0 aromatic heterocycles. The Bertz CT molecular complexity index is 864. The van der Waals surface area contributed by atoms with Gasteiger partial charge in [0.15, 0.2) is 6.10 Å². The summed E-state index contributed by atoms with van der Waals surface area (Å²) in [5.74, 6) is -0.650. The van der Waals surface area contributed by atoms with E-state index in [-0.39, 0.29) is 17.7 Å². The van der Waals surface area contributed by atoms with E-state index in [1.165, 1.54) is 0 Å². The van der Waals surface area contributed by atoms with Crippen LogP contribution in [0.1, 0.15) is 48.5 Å². The molecule has 1 saturated heterocycles. The monoisotopic (exact) mass is 394 g/mol. The number of hydrogen-bond donors (Lipinski definition) is 1. The molecular weight excluding hydrogens is 368 g/mol. The maximum absolute atomic E-state index is 12.3. The van der Waals surface area contributed by atoms with Crippen molar-refractivity contribution in [3.8, 4) is 0 Å². The summed E-state index contributed by atoms with van der Waals surface area (Å²) in [6, 6.07) is 16.6. The van der Waals surface area contributed by atoms with E-state index in [0.717, 1.165) is 17.7 Å². The number of benzene rings is 2. The van der Waals surface area contributed by atoms with Crippen molar-refractivity contribution in [2.75, 3.05) is 18.0 Å². The Balaban J connectivity index is 1.50. The van der Waals surface area contributed by atoms with E-state index in [1.54, 1.807) is 36.1 Å². The highest BCUT2D eigenvalue weighted by Gasteiger charge is 2.23. The summed E-state index contributed by atoms with van der Waals surface area (Å²) in [6.45, 7) is 4.74. The average molecular weight is 394 g/mol. The number of carbonyl (C=O) groups excluding carboxylic acids is 3. The van der Waals surface area contributed by atoms with E-state index in [2.05, 4.69) is 5.32 Å². The van der Waals surface area contributed by atoms with Crippen LogP contribution in [0.3, 0.4) is 0 Å². The molecule has 152 valence electrons. The molecule has 6 heteroatoms. The minimum atomic E-state index is -0.898. The fourth-order valence-corrected chi connectivity index (χ4v) is 3.28. The quantitative estimate of drug-likeness (QED) is 0.732. The van der Waals surface area contributed by atoms with Crippen molar-refractivity contribution in [3.63, 3.8) is 0 Å². The summed E-state index contributed by atoms with van der Waals surface area (Å²) in [5, 5.41) is 2.83. The van der Waals surface area contributed by atoms with Gasteiger partial charge in [0.1, 0.15) is 0 Å². The molecule has 2 aromatic carbocycles. The highest BCUT2D eigenvalue weighted by atomic mass is 16.5. The van der Waals surface area contributed by atoms with Gasteiger partial charge in [-0.2, -0.15) is 0 Å². The molecule has 1 heterocycles. The van der Waals surface area contributed by atoms with Crippen LogP contribution in [0, 0.1) is 0 Å². The van der Waals surface area contributed by atoms with Crippen LogP contribution in [0.15, 0.2) is 54.6 Å². The molecule has 0 bridgehead atoms. The SMILES string of the molecule is C[C@@H](OC(=O)c1ccc(N2CCCC2=O)cc1)C(=O)NC[C@H](C)c1ccccc1. The highest BCUT2D eigenvalue weighted by molar-refractivity contribution is 5.96. The maximum Gasteiger partial charge on any atom is 0.338 e. The fourth-order valence-electron chi connectivity index (χ4n) is 3.28. The molecule has 2 aromatic rings. The minimum Gasteiger partial charge on any atom is -0.449 e. The predicted molar refractivity (Wildman–Crippen MR) is 111 cm³/mol. The van der Waals surface area contributed by atoms with Gasteiger partial charge in [-0.1, -0.05) is 37.3 Å². The number of nitrogens with one attached hydrogen (secondary N) is 1. The first-order chi connectivity index (χ1) is 14.0. The molecule has 0 radical (unpaired) electrons. The van der Waals surface area contributed by atoms with Crippen molar-refractivity contribution in [1.82, 2.24) is 5.32 Å². The topological polar surface area (TPSA) is 75.7 Å². The van der Waals surface area contributed by atoms with Gasteiger partial charge in [-0.3, -0.25) is 9.59 Å². The van der Waals surface area contributed by atoms with Gasteiger partial charge < -0.3 is 15.0 Å². The van der Waals surface area contributed by atoms with E-state index in [9.17, 15) is 14.4 Å². The molecule has 3 rings (SSSR count). The van der Waals surface area contributed by atoms with Gasteiger partial charge in [0.25, 0.3) is 5.91 Å². The Morgan fingerprint density at radius 1 is 1.07 bits per heavy atom. The van der Waals surface area contributed by atoms with Crippen LogP contribution in [0.4, 0.5) is 5.69 Å². The number of anilines is 1. The van der Waals surface area contributed by atoms with E-state index >= 15 is 0 Å². The Labute approximate surface area is 170 Å². The van der Waals surface area contributed by atoms with Crippen LogP contribution < -0.4 is 10.2 Å². The molecule has 0 aliphatic carbocycles. The Kier molecular flexibility index (Phi) is 6.65. The van der Waals surface area contributed by atoms with Gasteiger partial charge in [0.05, 0.1) is 5.56 Å². The van der Waals surface area contributed by atoms with Crippen molar-refractivity contribution in [2.45, 2.75) is 38.7 Å². The molecule has 29 heavy (non-hydrogen) atoms. The number of rotatable bonds is 7. The van der Waals surface area contributed by atoms with Crippen LogP contribution in [-0.4, -0.2) is 37.0 Å². The van der Waals surface area contributed by atoms with Crippen LogP contribution in [-0.2, 0) is 14.3 Å². The summed E-state index contributed by atoms with van der Waals surface area (Å²) < 4.78 is 5.29. The molecule has 0 unspecified atom stereocenters. The second kappa shape index (κ2) is 9.37. The number of nitrogens with zero attached hydrogens (tertiary/aromatic N) is 1. The Morgan fingerprint density at radius 2 is 1.76 bits per heavy atom. The van der Waals surface area contributed by atoms with Crippen LogP contribution in [0.2, 0.25) is 0 Å². The van der Waals surface area contributed by atoms with Gasteiger partial charge in [-0.15, -0.1) is 0 Å². The van der Waals surface area contributed by atoms with E-state index < -0.39 is 12.1 Å². The highest BCUT2D eigenvalue weighted by Crippen LogP contribution is 2.22. The lowest BCUT2D eigenvalue weighted by molar-refractivity contribution is -0.129. The van der Waals surface area contributed by atoms with Gasteiger partial charge in [-0.25, -0.2) is 4.79 Å². The lowest BCUT2D eigenvalue weighted by atomic mass is 10.0. The third-order valence-electron chi connectivity index (χ3n) is 5.09. The first-order valence-electron chi connectivity index (χ1n) is 9.90. The molecular formula is C23H26N2O4. The molecule has 1 aliphatic heterocycles. The molecule has 1 aliphatic rings. The Hall–Kier alpha value is -3.15. The summed E-state index contributed by atoms with van der Waals surface area (Å²) in [5.41, 5.74) is 2.25. The number of amides is 2. The summed E-state index contributed by atoms with van der Waals surface area (Å²) in [4.78, 5) is 38.1. The summed E-state index contributed by atoms with van der Waals surface area (Å²) >= 11 is 0. The largest absolute Gasteiger partial charge is 0.449 e. The smallest absolute Gasteiger partial charge is 0.338 e. The molecule has 2 atom stereocenters. The molecule has 1 N–H and O–H groups in total. The fraction of sp³-hybridized carbons (Fsp3) is 0.348. The zero-order valence-electron chi connectivity index (χ0n) is 16.8. The maximum atomic E-state index is 12.3. The van der Waals surface area contributed by atoms with E-state index in [1.807, 2.05) is 37.3 Å². The van der Waals surface area contributed by atoms with Crippen molar-refractivity contribution in [2.24, 2.45) is 0 Å². The first-order valence-corrected chi connectivity index (χ1v) is 9.90. The van der Waals surface area contributed by atoms with Crippen LogP contribution >= 0.6 is 0 Å². The van der Waals surface area contributed by atoms with E-state index in [0.29, 0.717) is 25.1 Å². The summed E-state index contributed by atoms with van der Waals surface area (Å²) in [7, 11) is 0. The first kappa shape index (κ1) is 20.6. The van der Waals surface area contributed by atoms with Gasteiger partial charge in [0.2, 0.25) is 5.91 Å². The molecule has 0 saturated carbocycles. The predicted octanol–water partition coefficient (Wildman–Crippen LogP) is 3.28. The molecule has 6 nitrogen and oxygen atoms in total. The average Bonchev–Trinajstić information content (AvgIpc) is 3.18. The third-order valence-corrected chi connectivity index (χ3v) is 5.09. The third kappa shape index (κ3) is 5.22. The zero-order valence-corrected chi connectivity index (χ0v) is 16.8. The van der Waals surface area contributed by atoms with Crippen molar-refractivity contribution in [1.29, 1.82) is 0 Å². The standard InChI is InChI=1S/C23H26N2O4/c1-16(18-7-4-3-5-8-18)15-24-22(27)17(2)29-23(28)19-10-12-20(13-11-19)25-14-6-9-21(25)26/h3-5,7-8,10-13,16-17H,6,9,14-15H2,1-2H3,(H,24,27)/t16-,17+/m0/s1. The second-order valence-corrected chi connectivity index (χ2v) is 7.30. The summed E-state index contributed by atoms with van der Waals surface area (Å²) in [6.07, 6.45) is 0.502. The van der Waals surface area contributed by atoms with Crippen molar-refractivity contribution < 1.29 is 19.1 Å². The molecule has 0 spiro atoms. The Morgan fingerprint density at radius 3 is 2.38 bits per heavy atom. The van der Waals surface area contributed by atoms with Crippen LogP contribution in [0.25, 0.3) is 0 Å². The molecule has 1 fully saturated rings. The number of hydrogen-bond acceptors (Lipinski definition) is 4. The second-order valence-electron chi connectivity index (χ2n) is 7.30. The van der Waals surface area contributed by atoms with Crippen molar-refractivity contribution >= 4 is 23.5 Å². The van der Waals surface area contributed by atoms with Gasteiger partial charge >= 0.3 is 5.97 Å². The number of carbonyl (C=O) groups is 3. The normalized spacial score (nSPS) is 15.7. The van der Waals surface area contributed by atoms with Crippen molar-refractivity contribution in [3.05, 3.63) is 65.7 Å². The van der Waals surface area contributed by atoms with E-state index in [4.69, 9.17) is 4.74 Å². The number of esters is 1. The lowest BCUT2D eigenvalue weighted by Crippen LogP contribution is -2.37. The van der Waals surface area contributed by atoms with Gasteiger partial charge in [0, 0.05) is 25.2 Å². The zero-order chi connectivity index (χ0) is 20.8.